The predicted molar refractivity (Wildman–Crippen MR) is 47.4 cm³/mol. The summed E-state index contributed by atoms with van der Waals surface area (Å²) in [6.07, 6.45) is 0. The zero-order valence-corrected chi connectivity index (χ0v) is 7.50. The third-order valence-electron chi connectivity index (χ3n) is 1.62. The number of ether oxygens (including phenoxy) is 1. The van der Waals surface area contributed by atoms with E-state index in [-0.39, 0.29) is 5.69 Å². The summed E-state index contributed by atoms with van der Waals surface area (Å²) in [6, 6.07) is 3.10. The number of nitrogens with zero attached hydrogens (tertiary/aromatic N) is 1. The van der Waals surface area contributed by atoms with E-state index in [2.05, 4.69) is 4.98 Å². The van der Waals surface area contributed by atoms with E-state index in [0.29, 0.717) is 17.4 Å². The van der Waals surface area contributed by atoms with Gasteiger partial charge in [0.15, 0.2) is 5.75 Å². The Hall–Kier alpha value is -1.23. The molecule has 0 saturated heterocycles. The molecule has 68 valence electrons. The van der Waals surface area contributed by atoms with Gasteiger partial charge in [-0.15, -0.1) is 0 Å². The van der Waals surface area contributed by atoms with Crippen LogP contribution in [-0.2, 0) is 0 Å². The van der Waals surface area contributed by atoms with Gasteiger partial charge >= 0.3 is 5.97 Å². The molecule has 0 fully saturated rings. The first-order chi connectivity index (χ1) is 6.27. The fraction of sp³-hybridized carbons (Fsp3) is 0.250. The summed E-state index contributed by atoms with van der Waals surface area (Å²) >= 11 is 1.52. The van der Waals surface area contributed by atoms with Crippen LogP contribution in [0.1, 0.15) is 10.5 Å². The van der Waals surface area contributed by atoms with E-state index in [0.717, 1.165) is 5.75 Å². The van der Waals surface area contributed by atoms with Crippen LogP contribution in [0, 0.1) is 0 Å². The van der Waals surface area contributed by atoms with Crippen LogP contribution in [0.4, 0.5) is 0 Å². The average Bonchev–Trinajstić information content (AvgIpc) is 2.17. The van der Waals surface area contributed by atoms with Crippen molar-refractivity contribution in [3.8, 4) is 5.75 Å². The zero-order valence-electron chi connectivity index (χ0n) is 6.69. The highest BCUT2D eigenvalue weighted by atomic mass is 32.2. The Morgan fingerprint density at radius 2 is 2.46 bits per heavy atom. The Morgan fingerprint density at radius 3 is 3.23 bits per heavy atom. The van der Waals surface area contributed by atoms with Gasteiger partial charge in [-0.2, -0.15) is 0 Å². The van der Waals surface area contributed by atoms with Gasteiger partial charge in [0, 0.05) is 5.75 Å². The van der Waals surface area contributed by atoms with E-state index < -0.39 is 5.97 Å². The lowest BCUT2D eigenvalue weighted by molar-refractivity contribution is 0.0689. The van der Waals surface area contributed by atoms with Gasteiger partial charge in [-0.3, -0.25) is 0 Å². The van der Waals surface area contributed by atoms with E-state index in [9.17, 15) is 4.79 Å². The van der Waals surface area contributed by atoms with Gasteiger partial charge in [-0.25, -0.2) is 9.78 Å². The second-order valence-electron chi connectivity index (χ2n) is 2.50. The molecular formula is C8H7NO3S. The predicted octanol–water partition coefficient (Wildman–Crippen LogP) is 1.26. The second-order valence-corrected chi connectivity index (χ2v) is 3.59. The summed E-state index contributed by atoms with van der Waals surface area (Å²) in [5.74, 6) is 0.499. The smallest absolute Gasteiger partial charge is 0.354 e. The molecule has 0 spiro atoms. The van der Waals surface area contributed by atoms with Crippen molar-refractivity contribution < 1.29 is 14.6 Å². The van der Waals surface area contributed by atoms with E-state index in [1.165, 1.54) is 17.8 Å². The molecule has 1 aromatic heterocycles. The van der Waals surface area contributed by atoms with E-state index in [1.54, 1.807) is 6.07 Å². The van der Waals surface area contributed by atoms with Crippen molar-refractivity contribution >= 4 is 17.7 Å². The standard InChI is InChI=1S/C8H7NO3S/c10-8(11)5-1-2-6-7(9-5)13-4-3-12-6/h1-2H,3-4H2,(H,10,11). The van der Waals surface area contributed by atoms with Crippen molar-refractivity contribution in [2.75, 3.05) is 12.4 Å². The highest BCUT2D eigenvalue weighted by Gasteiger charge is 2.14. The lowest BCUT2D eigenvalue weighted by Crippen LogP contribution is -2.10. The molecule has 4 nitrogen and oxygen atoms in total. The highest BCUT2D eigenvalue weighted by Crippen LogP contribution is 2.30. The lowest BCUT2D eigenvalue weighted by Gasteiger charge is -2.15. The molecule has 1 aliphatic rings. The maximum Gasteiger partial charge on any atom is 0.354 e. The zero-order chi connectivity index (χ0) is 9.26. The van der Waals surface area contributed by atoms with Crippen LogP contribution in [0.5, 0.6) is 5.75 Å². The molecule has 0 aromatic carbocycles. The van der Waals surface area contributed by atoms with Gasteiger partial charge in [0.1, 0.15) is 10.7 Å². The Morgan fingerprint density at radius 1 is 1.62 bits per heavy atom. The molecule has 2 rings (SSSR count). The van der Waals surface area contributed by atoms with Gasteiger partial charge in [-0.05, 0) is 12.1 Å². The molecule has 2 heterocycles. The molecule has 1 aromatic rings. The van der Waals surface area contributed by atoms with Crippen LogP contribution >= 0.6 is 11.8 Å². The number of hydrogen-bond acceptors (Lipinski definition) is 4. The van der Waals surface area contributed by atoms with Crippen LogP contribution in [0.2, 0.25) is 0 Å². The van der Waals surface area contributed by atoms with Crippen molar-refractivity contribution in [3.05, 3.63) is 17.8 Å². The van der Waals surface area contributed by atoms with Crippen molar-refractivity contribution in [2.45, 2.75) is 5.03 Å². The number of rotatable bonds is 1. The molecular weight excluding hydrogens is 190 g/mol. The summed E-state index contributed by atoms with van der Waals surface area (Å²) in [5.41, 5.74) is 0.0664. The number of aromatic nitrogens is 1. The van der Waals surface area contributed by atoms with E-state index >= 15 is 0 Å². The molecule has 0 bridgehead atoms. The number of thioether (sulfide) groups is 1. The summed E-state index contributed by atoms with van der Waals surface area (Å²) in [7, 11) is 0. The van der Waals surface area contributed by atoms with Crippen LogP contribution in [-0.4, -0.2) is 28.4 Å². The molecule has 0 radical (unpaired) electrons. The number of fused-ring (bicyclic) bond motifs is 1. The van der Waals surface area contributed by atoms with Gasteiger partial charge < -0.3 is 9.84 Å². The first kappa shape index (κ1) is 8.37. The molecule has 0 unspecified atom stereocenters. The van der Waals surface area contributed by atoms with Crippen molar-refractivity contribution in [1.29, 1.82) is 0 Å². The normalized spacial score (nSPS) is 14.5. The van der Waals surface area contributed by atoms with Crippen LogP contribution in [0.15, 0.2) is 17.2 Å². The van der Waals surface area contributed by atoms with Gasteiger partial charge in [0.25, 0.3) is 0 Å². The quantitative estimate of drug-likeness (QED) is 0.734. The maximum atomic E-state index is 10.6. The average molecular weight is 197 g/mol. The monoisotopic (exact) mass is 197 g/mol. The number of pyridine rings is 1. The molecule has 0 amide bonds. The van der Waals surface area contributed by atoms with Crippen molar-refractivity contribution in [2.24, 2.45) is 0 Å². The lowest BCUT2D eigenvalue weighted by atomic mass is 10.3. The van der Waals surface area contributed by atoms with Crippen LogP contribution in [0.25, 0.3) is 0 Å². The summed E-state index contributed by atoms with van der Waals surface area (Å²) in [5, 5.41) is 9.35. The Balaban J connectivity index is 2.40. The minimum Gasteiger partial charge on any atom is -0.490 e. The van der Waals surface area contributed by atoms with Gasteiger partial charge in [0.05, 0.1) is 6.61 Å². The van der Waals surface area contributed by atoms with Crippen molar-refractivity contribution in [3.63, 3.8) is 0 Å². The molecule has 0 aliphatic carbocycles. The molecule has 1 N–H and O–H groups in total. The number of carboxylic acid groups (broad SMARTS) is 1. The fourth-order valence-corrected chi connectivity index (χ4v) is 1.84. The number of hydrogen-bond donors (Lipinski definition) is 1. The summed E-state index contributed by atoms with van der Waals surface area (Å²) < 4.78 is 5.28. The Kier molecular flexibility index (Phi) is 2.10. The number of carbonyl (C=O) groups is 1. The van der Waals surface area contributed by atoms with Crippen LogP contribution in [0.3, 0.4) is 0 Å². The topological polar surface area (TPSA) is 59.4 Å². The highest BCUT2D eigenvalue weighted by molar-refractivity contribution is 7.99. The van der Waals surface area contributed by atoms with Crippen molar-refractivity contribution in [1.82, 2.24) is 4.98 Å². The first-order valence-corrected chi connectivity index (χ1v) is 4.76. The summed E-state index contributed by atoms with van der Waals surface area (Å²) in [6.45, 7) is 0.658. The van der Waals surface area contributed by atoms with Crippen LogP contribution < -0.4 is 4.74 Å². The molecule has 13 heavy (non-hydrogen) atoms. The summed E-state index contributed by atoms with van der Waals surface area (Å²) in [4.78, 5) is 14.5. The molecule has 1 aliphatic heterocycles. The minimum atomic E-state index is -1.01. The third kappa shape index (κ3) is 1.60. The Labute approximate surface area is 78.9 Å². The van der Waals surface area contributed by atoms with E-state index in [1.807, 2.05) is 0 Å². The fourth-order valence-electron chi connectivity index (χ4n) is 1.05. The Bertz CT molecular complexity index is 353. The largest absolute Gasteiger partial charge is 0.490 e. The molecule has 5 heteroatoms. The van der Waals surface area contributed by atoms with Gasteiger partial charge in [0.2, 0.25) is 0 Å². The molecule has 0 atom stereocenters. The molecule has 0 saturated carbocycles. The third-order valence-corrected chi connectivity index (χ3v) is 2.56. The minimum absolute atomic E-state index is 0.0664. The maximum absolute atomic E-state index is 10.6. The number of aromatic carboxylic acids is 1. The first-order valence-electron chi connectivity index (χ1n) is 3.77. The number of carboxylic acids is 1. The second kappa shape index (κ2) is 3.26. The SMILES string of the molecule is O=C(O)c1ccc2c(n1)SCCO2. The van der Waals surface area contributed by atoms with E-state index in [4.69, 9.17) is 9.84 Å². The van der Waals surface area contributed by atoms with Gasteiger partial charge in [-0.1, -0.05) is 11.8 Å².